The highest BCUT2D eigenvalue weighted by molar-refractivity contribution is 5.79. The molecule has 0 aliphatic carbocycles. The molecular formula is C19H19N3O2. The van der Waals surface area contributed by atoms with E-state index in [1.165, 1.54) is 5.56 Å². The van der Waals surface area contributed by atoms with Crippen LogP contribution in [0.15, 0.2) is 42.5 Å². The van der Waals surface area contributed by atoms with Gasteiger partial charge in [0.1, 0.15) is 6.17 Å². The predicted octanol–water partition coefficient (Wildman–Crippen LogP) is 3.85. The molecule has 0 bridgehead atoms. The Morgan fingerprint density at radius 2 is 1.96 bits per heavy atom. The molecule has 0 saturated carbocycles. The lowest BCUT2D eigenvalue weighted by molar-refractivity contribution is 0.372. The summed E-state index contributed by atoms with van der Waals surface area (Å²) >= 11 is 0. The number of nitrogens with zero attached hydrogens (tertiary/aromatic N) is 2. The van der Waals surface area contributed by atoms with E-state index in [9.17, 15) is 5.11 Å². The summed E-state index contributed by atoms with van der Waals surface area (Å²) in [5.41, 5.74) is 6.37. The first-order valence-corrected chi connectivity index (χ1v) is 7.87. The van der Waals surface area contributed by atoms with Gasteiger partial charge in [0, 0.05) is 16.8 Å². The number of rotatable bonds is 2. The molecule has 2 N–H and O–H groups in total. The molecule has 1 aliphatic rings. The van der Waals surface area contributed by atoms with E-state index in [1.54, 1.807) is 19.2 Å². The molecule has 5 heteroatoms. The maximum atomic E-state index is 10.1. The number of aryl methyl sites for hydroxylation is 2. The van der Waals surface area contributed by atoms with Crippen LogP contribution in [-0.4, -0.2) is 22.0 Å². The van der Waals surface area contributed by atoms with E-state index in [1.807, 2.05) is 17.7 Å². The summed E-state index contributed by atoms with van der Waals surface area (Å²) in [6.45, 7) is 4.07. The number of aromatic hydroxyl groups is 1. The number of hydrogen-bond donors (Lipinski definition) is 2. The number of hydrogen-bond acceptors (Lipinski definition) is 4. The highest BCUT2D eigenvalue weighted by Crippen LogP contribution is 2.40. The van der Waals surface area contributed by atoms with Gasteiger partial charge in [-0.1, -0.05) is 17.7 Å². The van der Waals surface area contributed by atoms with Crippen LogP contribution in [0.1, 0.15) is 23.0 Å². The Bertz CT molecular complexity index is 930. The largest absolute Gasteiger partial charge is 0.504 e. The topological polar surface area (TPSA) is 59.3 Å². The van der Waals surface area contributed by atoms with Crippen LogP contribution in [0.3, 0.4) is 0 Å². The fourth-order valence-corrected chi connectivity index (χ4v) is 3.22. The monoisotopic (exact) mass is 321 g/mol. The number of anilines is 1. The number of benzene rings is 2. The van der Waals surface area contributed by atoms with E-state index in [0.29, 0.717) is 5.75 Å². The standard InChI is InChI=1S/C19H19N3O2/c1-11-4-6-15-14(8-11)16-9-12(2)21-22(16)19(20-15)13-5-7-18(24-3)17(23)10-13/h4-10,19-20,23H,1-3H3/t19-/m0/s1. The summed E-state index contributed by atoms with van der Waals surface area (Å²) in [5.74, 6) is 0.583. The molecule has 5 nitrogen and oxygen atoms in total. The molecule has 0 saturated heterocycles. The Balaban J connectivity index is 1.86. The molecule has 0 spiro atoms. The maximum absolute atomic E-state index is 10.1. The van der Waals surface area contributed by atoms with Gasteiger partial charge in [-0.2, -0.15) is 5.10 Å². The molecule has 1 atom stereocenters. The van der Waals surface area contributed by atoms with Crippen molar-refractivity contribution in [2.75, 3.05) is 12.4 Å². The molecule has 1 aliphatic heterocycles. The molecular weight excluding hydrogens is 302 g/mol. The minimum Gasteiger partial charge on any atom is -0.504 e. The van der Waals surface area contributed by atoms with Crippen molar-refractivity contribution in [3.63, 3.8) is 0 Å². The highest BCUT2D eigenvalue weighted by Gasteiger charge is 2.27. The normalized spacial score (nSPS) is 15.4. The number of methoxy groups -OCH3 is 1. The molecule has 0 fully saturated rings. The van der Waals surface area contributed by atoms with Gasteiger partial charge in [-0.05, 0) is 44.2 Å². The van der Waals surface area contributed by atoms with Crippen LogP contribution in [0.25, 0.3) is 11.3 Å². The van der Waals surface area contributed by atoms with E-state index in [2.05, 4.69) is 41.6 Å². The van der Waals surface area contributed by atoms with E-state index >= 15 is 0 Å². The summed E-state index contributed by atoms with van der Waals surface area (Å²) in [6.07, 6.45) is -0.180. The van der Waals surface area contributed by atoms with Gasteiger partial charge in [-0.15, -0.1) is 0 Å². The molecule has 1 aromatic heterocycles. The molecule has 24 heavy (non-hydrogen) atoms. The quantitative estimate of drug-likeness (QED) is 0.752. The average molecular weight is 321 g/mol. The van der Waals surface area contributed by atoms with Gasteiger partial charge in [-0.3, -0.25) is 0 Å². The van der Waals surface area contributed by atoms with E-state index < -0.39 is 0 Å². The first kappa shape index (κ1) is 14.6. The third kappa shape index (κ3) is 2.21. The number of phenolic OH excluding ortho intramolecular Hbond substituents is 1. The zero-order chi connectivity index (χ0) is 16.8. The summed E-state index contributed by atoms with van der Waals surface area (Å²) in [7, 11) is 1.54. The molecule has 2 heterocycles. The van der Waals surface area contributed by atoms with Crippen LogP contribution in [0.2, 0.25) is 0 Å². The van der Waals surface area contributed by atoms with Crippen LogP contribution < -0.4 is 10.1 Å². The summed E-state index contributed by atoms with van der Waals surface area (Å²) < 4.78 is 7.11. The van der Waals surface area contributed by atoms with Crippen molar-refractivity contribution >= 4 is 5.69 Å². The second-order valence-corrected chi connectivity index (χ2v) is 6.14. The minimum absolute atomic E-state index is 0.122. The predicted molar refractivity (Wildman–Crippen MR) is 93.6 cm³/mol. The molecule has 0 amide bonds. The van der Waals surface area contributed by atoms with Crippen LogP contribution in [0.4, 0.5) is 5.69 Å². The van der Waals surface area contributed by atoms with E-state index in [4.69, 9.17) is 4.74 Å². The molecule has 4 rings (SSSR count). The van der Waals surface area contributed by atoms with Gasteiger partial charge >= 0.3 is 0 Å². The van der Waals surface area contributed by atoms with Crippen molar-refractivity contribution in [2.45, 2.75) is 20.0 Å². The van der Waals surface area contributed by atoms with Crippen LogP contribution >= 0.6 is 0 Å². The summed E-state index contributed by atoms with van der Waals surface area (Å²) in [4.78, 5) is 0. The fourth-order valence-electron chi connectivity index (χ4n) is 3.22. The highest BCUT2D eigenvalue weighted by atomic mass is 16.5. The van der Waals surface area contributed by atoms with Crippen molar-refractivity contribution in [1.29, 1.82) is 0 Å². The van der Waals surface area contributed by atoms with Gasteiger partial charge in [0.25, 0.3) is 0 Å². The maximum Gasteiger partial charge on any atom is 0.160 e. The third-order valence-corrected chi connectivity index (χ3v) is 4.36. The van der Waals surface area contributed by atoms with Gasteiger partial charge in [-0.25, -0.2) is 4.68 Å². The van der Waals surface area contributed by atoms with Crippen LogP contribution in [0, 0.1) is 13.8 Å². The van der Waals surface area contributed by atoms with Crippen molar-refractivity contribution in [2.24, 2.45) is 0 Å². The van der Waals surface area contributed by atoms with Crippen molar-refractivity contribution in [1.82, 2.24) is 9.78 Å². The third-order valence-electron chi connectivity index (χ3n) is 4.36. The zero-order valence-electron chi connectivity index (χ0n) is 13.9. The van der Waals surface area contributed by atoms with Crippen molar-refractivity contribution < 1.29 is 9.84 Å². The number of nitrogens with one attached hydrogen (secondary N) is 1. The SMILES string of the molecule is COc1ccc([C@H]2Nc3ccc(C)cc3-c3cc(C)nn32)cc1O. The number of aromatic nitrogens is 2. The Kier molecular flexibility index (Phi) is 3.23. The second-order valence-electron chi connectivity index (χ2n) is 6.14. The smallest absolute Gasteiger partial charge is 0.160 e. The van der Waals surface area contributed by atoms with Gasteiger partial charge < -0.3 is 15.2 Å². The first-order valence-electron chi connectivity index (χ1n) is 7.87. The Hall–Kier alpha value is -2.95. The lowest BCUT2D eigenvalue weighted by atomic mass is 10.0. The molecule has 0 radical (unpaired) electrons. The summed E-state index contributed by atoms with van der Waals surface area (Å²) in [5, 5.41) is 18.3. The zero-order valence-corrected chi connectivity index (χ0v) is 13.9. The van der Waals surface area contributed by atoms with E-state index in [-0.39, 0.29) is 11.9 Å². The van der Waals surface area contributed by atoms with Crippen molar-refractivity contribution in [3.8, 4) is 22.8 Å². The Morgan fingerprint density at radius 1 is 1.12 bits per heavy atom. The first-order chi connectivity index (χ1) is 11.6. The molecule has 2 aromatic carbocycles. The van der Waals surface area contributed by atoms with Gasteiger partial charge in [0.15, 0.2) is 11.5 Å². The summed E-state index contributed by atoms with van der Waals surface area (Å²) in [6, 6.07) is 13.9. The molecule has 3 aromatic rings. The van der Waals surface area contributed by atoms with Gasteiger partial charge in [0.05, 0.1) is 18.5 Å². The minimum atomic E-state index is -0.180. The van der Waals surface area contributed by atoms with Crippen LogP contribution in [-0.2, 0) is 0 Å². The lowest BCUT2D eigenvalue weighted by Crippen LogP contribution is -2.25. The number of fused-ring (bicyclic) bond motifs is 3. The average Bonchev–Trinajstić information content (AvgIpc) is 2.96. The van der Waals surface area contributed by atoms with Crippen LogP contribution in [0.5, 0.6) is 11.5 Å². The number of ether oxygens (including phenoxy) is 1. The molecule has 122 valence electrons. The fraction of sp³-hybridized carbons (Fsp3) is 0.211. The Morgan fingerprint density at radius 3 is 2.71 bits per heavy atom. The lowest BCUT2D eigenvalue weighted by Gasteiger charge is -2.29. The second kappa shape index (κ2) is 5.30. The number of phenols is 1. The van der Waals surface area contributed by atoms with Crippen molar-refractivity contribution in [3.05, 3.63) is 59.3 Å². The Labute approximate surface area is 140 Å². The van der Waals surface area contributed by atoms with E-state index in [0.717, 1.165) is 28.2 Å². The van der Waals surface area contributed by atoms with Gasteiger partial charge in [0.2, 0.25) is 0 Å². The molecule has 0 unspecified atom stereocenters.